The third-order valence-electron chi connectivity index (χ3n) is 4.17. The van der Waals surface area contributed by atoms with Crippen LogP contribution in [0, 0.1) is 5.92 Å². The number of hydrogen-bond acceptors (Lipinski definition) is 3. The molecule has 1 amide bonds. The standard InChI is InChI=1S/C17H24Cl2N2O2.ClH/c1-20-12-13-7-9-21(10-8-13)16(22)6-3-11-23-15-5-2-4-14(18)17(15)19;/h2,4-5,13,20H,3,6-12H2,1H3;1H. The average Bonchev–Trinajstić information content (AvgIpc) is 2.56. The maximum Gasteiger partial charge on any atom is 0.222 e. The van der Waals surface area contributed by atoms with Gasteiger partial charge in [-0.3, -0.25) is 4.79 Å². The van der Waals surface area contributed by atoms with Gasteiger partial charge in [0.15, 0.2) is 0 Å². The Morgan fingerprint density at radius 3 is 2.71 bits per heavy atom. The predicted octanol–water partition coefficient (Wildman–Crippen LogP) is 4.03. The van der Waals surface area contributed by atoms with Crippen LogP contribution >= 0.6 is 35.6 Å². The molecule has 0 saturated carbocycles. The summed E-state index contributed by atoms with van der Waals surface area (Å²) in [7, 11) is 1.98. The molecule has 0 unspecified atom stereocenters. The van der Waals surface area contributed by atoms with E-state index < -0.39 is 0 Å². The van der Waals surface area contributed by atoms with Crippen LogP contribution in [0.2, 0.25) is 10.0 Å². The number of carbonyl (C=O) groups excluding carboxylic acids is 1. The van der Waals surface area contributed by atoms with Gasteiger partial charge in [-0.2, -0.15) is 0 Å². The number of hydrogen-bond donors (Lipinski definition) is 1. The van der Waals surface area contributed by atoms with E-state index in [-0.39, 0.29) is 18.3 Å². The highest BCUT2D eigenvalue weighted by Crippen LogP contribution is 2.31. The summed E-state index contributed by atoms with van der Waals surface area (Å²) in [5.74, 6) is 1.48. The Balaban J connectivity index is 0.00000288. The fraction of sp³-hybridized carbons (Fsp3) is 0.588. The molecule has 0 atom stereocenters. The van der Waals surface area contributed by atoms with E-state index in [1.54, 1.807) is 18.2 Å². The fourth-order valence-corrected chi connectivity index (χ4v) is 3.18. The van der Waals surface area contributed by atoms with Crippen LogP contribution in [0.4, 0.5) is 0 Å². The largest absolute Gasteiger partial charge is 0.492 e. The Morgan fingerprint density at radius 1 is 1.33 bits per heavy atom. The van der Waals surface area contributed by atoms with Crippen LogP contribution in [0.3, 0.4) is 0 Å². The van der Waals surface area contributed by atoms with Crippen LogP contribution < -0.4 is 10.1 Å². The van der Waals surface area contributed by atoms with Crippen LogP contribution in [0.1, 0.15) is 25.7 Å². The van der Waals surface area contributed by atoms with E-state index in [0.717, 1.165) is 32.5 Å². The first kappa shape index (κ1) is 21.4. The molecule has 1 aromatic rings. The minimum Gasteiger partial charge on any atom is -0.492 e. The summed E-state index contributed by atoms with van der Waals surface area (Å²) in [5, 5.41) is 4.11. The minimum atomic E-state index is 0. The summed E-state index contributed by atoms with van der Waals surface area (Å²) < 4.78 is 5.61. The first-order valence-electron chi connectivity index (χ1n) is 8.11. The van der Waals surface area contributed by atoms with Crippen molar-refractivity contribution in [2.24, 2.45) is 5.92 Å². The first-order chi connectivity index (χ1) is 11.1. The lowest BCUT2D eigenvalue weighted by atomic mass is 9.96. The number of nitrogens with one attached hydrogen (secondary N) is 1. The van der Waals surface area contributed by atoms with Crippen molar-refractivity contribution in [2.75, 3.05) is 33.3 Å². The molecule has 1 heterocycles. The number of piperidine rings is 1. The topological polar surface area (TPSA) is 41.6 Å². The molecule has 24 heavy (non-hydrogen) atoms. The molecule has 1 fully saturated rings. The van der Waals surface area contributed by atoms with Crippen molar-refractivity contribution in [2.45, 2.75) is 25.7 Å². The van der Waals surface area contributed by atoms with Crippen molar-refractivity contribution < 1.29 is 9.53 Å². The van der Waals surface area contributed by atoms with Crippen LogP contribution in [0.15, 0.2) is 18.2 Å². The number of carbonyl (C=O) groups is 1. The molecule has 1 aromatic carbocycles. The second-order valence-corrected chi connectivity index (χ2v) is 6.67. The number of benzene rings is 1. The second kappa shape index (κ2) is 11.0. The van der Waals surface area contributed by atoms with Gasteiger partial charge in [0, 0.05) is 19.5 Å². The molecule has 0 radical (unpaired) electrons. The number of nitrogens with zero attached hydrogens (tertiary/aromatic N) is 1. The number of ether oxygens (including phenoxy) is 1. The second-order valence-electron chi connectivity index (χ2n) is 5.89. The molecule has 1 saturated heterocycles. The highest BCUT2D eigenvalue weighted by atomic mass is 35.5. The monoisotopic (exact) mass is 394 g/mol. The Labute approximate surface area is 160 Å². The first-order valence-corrected chi connectivity index (χ1v) is 8.86. The summed E-state index contributed by atoms with van der Waals surface area (Å²) in [6.45, 7) is 3.23. The zero-order valence-electron chi connectivity index (χ0n) is 13.9. The third-order valence-corrected chi connectivity index (χ3v) is 4.97. The van der Waals surface area contributed by atoms with E-state index in [9.17, 15) is 4.79 Å². The molecule has 2 rings (SSSR count). The van der Waals surface area contributed by atoms with Gasteiger partial charge in [0.1, 0.15) is 10.8 Å². The van der Waals surface area contributed by atoms with E-state index in [0.29, 0.717) is 41.2 Å². The van der Waals surface area contributed by atoms with Crippen LogP contribution in [0.25, 0.3) is 0 Å². The molecule has 4 nitrogen and oxygen atoms in total. The highest BCUT2D eigenvalue weighted by molar-refractivity contribution is 6.42. The van der Waals surface area contributed by atoms with Gasteiger partial charge in [-0.1, -0.05) is 29.3 Å². The van der Waals surface area contributed by atoms with Gasteiger partial charge in [-0.15, -0.1) is 12.4 Å². The van der Waals surface area contributed by atoms with Gasteiger partial charge in [0.2, 0.25) is 5.91 Å². The van der Waals surface area contributed by atoms with Gasteiger partial charge in [-0.05, 0) is 50.9 Å². The van der Waals surface area contributed by atoms with Crippen molar-refractivity contribution >= 4 is 41.5 Å². The summed E-state index contributed by atoms with van der Waals surface area (Å²) in [5.41, 5.74) is 0. The van der Waals surface area contributed by atoms with Crippen molar-refractivity contribution in [1.82, 2.24) is 10.2 Å². The average molecular weight is 396 g/mol. The Hall–Kier alpha value is -0.680. The van der Waals surface area contributed by atoms with Crippen molar-refractivity contribution in [3.63, 3.8) is 0 Å². The van der Waals surface area contributed by atoms with Gasteiger partial charge >= 0.3 is 0 Å². The Kier molecular flexibility index (Phi) is 9.82. The molecule has 1 N–H and O–H groups in total. The van der Waals surface area contributed by atoms with E-state index in [4.69, 9.17) is 27.9 Å². The molecular formula is C17H25Cl3N2O2. The molecule has 0 spiro atoms. The number of rotatable bonds is 7. The predicted molar refractivity (Wildman–Crippen MR) is 102 cm³/mol. The molecular weight excluding hydrogens is 371 g/mol. The van der Waals surface area contributed by atoms with Crippen LogP contribution in [-0.4, -0.2) is 44.1 Å². The lowest BCUT2D eigenvalue weighted by molar-refractivity contribution is -0.132. The summed E-state index contributed by atoms with van der Waals surface area (Å²) in [4.78, 5) is 14.2. The SMILES string of the molecule is CNCC1CCN(C(=O)CCCOc2cccc(Cl)c2Cl)CC1.Cl. The summed E-state index contributed by atoms with van der Waals surface area (Å²) in [6.07, 6.45) is 3.36. The molecule has 1 aliphatic heterocycles. The zero-order valence-corrected chi connectivity index (χ0v) is 16.2. The summed E-state index contributed by atoms with van der Waals surface area (Å²) >= 11 is 12.0. The fourth-order valence-electron chi connectivity index (χ4n) is 2.83. The molecule has 0 aromatic heterocycles. The smallest absolute Gasteiger partial charge is 0.222 e. The molecule has 7 heteroatoms. The number of likely N-dealkylation sites (tertiary alicyclic amines) is 1. The van der Waals surface area contributed by atoms with Crippen LogP contribution in [-0.2, 0) is 4.79 Å². The van der Waals surface area contributed by atoms with Crippen molar-refractivity contribution in [3.05, 3.63) is 28.2 Å². The van der Waals surface area contributed by atoms with Crippen LogP contribution in [0.5, 0.6) is 5.75 Å². The lowest BCUT2D eigenvalue weighted by Crippen LogP contribution is -2.40. The molecule has 0 aliphatic carbocycles. The van der Waals surface area contributed by atoms with Gasteiger partial charge < -0.3 is 15.0 Å². The maximum atomic E-state index is 12.2. The molecule has 1 aliphatic rings. The van der Waals surface area contributed by atoms with E-state index in [1.165, 1.54) is 0 Å². The Bertz CT molecular complexity index is 521. The van der Waals surface area contributed by atoms with Crippen molar-refractivity contribution in [1.29, 1.82) is 0 Å². The normalized spacial score (nSPS) is 15.0. The maximum absolute atomic E-state index is 12.2. The molecule has 0 bridgehead atoms. The summed E-state index contributed by atoms with van der Waals surface area (Å²) in [6, 6.07) is 5.30. The Morgan fingerprint density at radius 2 is 2.04 bits per heavy atom. The lowest BCUT2D eigenvalue weighted by Gasteiger charge is -2.32. The van der Waals surface area contributed by atoms with E-state index >= 15 is 0 Å². The highest BCUT2D eigenvalue weighted by Gasteiger charge is 2.21. The zero-order chi connectivity index (χ0) is 16.7. The molecule has 136 valence electrons. The van der Waals surface area contributed by atoms with Gasteiger partial charge in [-0.25, -0.2) is 0 Å². The van der Waals surface area contributed by atoms with Gasteiger partial charge in [0.05, 0.1) is 11.6 Å². The van der Waals surface area contributed by atoms with E-state index in [2.05, 4.69) is 5.32 Å². The quantitative estimate of drug-likeness (QED) is 0.709. The van der Waals surface area contributed by atoms with E-state index in [1.807, 2.05) is 11.9 Å². The number of amides is 1. The number of halogens is 3. The minimum absolute atomic E-state index is 0. The third kappa shape index (κ3) is 6.32. The van der Waals surface area contributed by atoms with Gasteiger partial charge in [0.25, 0.3) is 0 Å². The van der Waals surface area contributed by atoms with Crippen molar-refractivity contribution in [3.8, 4) is 5.75 Å².